The molecule has 2 atom stereocenters. The maximum absolute atomic E-state index is 13.4. The van der Waals surface area contributed by atoms with E-state index in [2.05, 4.69) is 21.8 Å². The van der Waals surface area contributed by atoms with Gasteiger partial charge in [0.2, 0.25) is 5.91 Å². The van der Waals surface area contributed by atoms with Crippen LogP contribution in [-0.4, -0.2) is 39.5 Å². The summed E-state index contributed by atoms with van der Waals surface area (Å²) in [5.41, 5.74) is 7.52. The summed E-state index contributed by atoms with van der Waals surface area (Å²) >= 11 is 0. The van der Waals surface area contributed by atoms with Gasteiger partial charge in [0.1, 0.15) is 11.9 Å². The fourth-order valence-electron chi connectivity index (χ4n) is 4.48. The maximum Gasteiger partial charge on any atom is 0.244 e. The van der Waals surface area contributed by atoms with Gasteiger partial charge in [0, 0.05) is 25.0 Å². The highest BCUT2D eigenvalue weighted by Gasteiger charge is 2.58. The van der Waals surface area contributed by atoms with Crippen LogP contribution in [-0.2, 0) is 17.9 Å². The number of halogens is 1. The van der Waals surface area contributed by atoms with Crippen LogP contribution in [0.5, 0.6) is 0 Å². The first kappa shape index (κ1) is 20.8. The molecule has 1 saturated heterocycles. The molecule has 4 rings (SSSR count). The number of piperidine rings is 1. The van der Waals surface area contributed by atoms with E-state index in [1.807, 2.05) is 47.6 Å². The van der Waals surface area contributed by atoms with Crippen LogP contribution in [0.15, 0.2) is 42.7 Å². The summed E-state index contributed by atoms with van der Waals surface area (Å²) in [5, 5.41) is 3.44. The van der Waals surface area contributed by atoms with Crippen LogP contribution < -0.4 is 11.1 Å². The van der Waals surface area contributed by atoms with Crippen LogP contribution in [0.25, 0.3) is 0 Å². The highest BCUT2D eigenvalue weighted by molar-refractivity contribution is 5.85. The molecule has 1 aromatic carbocycles. The van der Waals surface area contributed by atoms with Crippen LogP contribution in [0.1, 0.15) is 43.6 Å². The van der Waals surface area contributed by atoms with E-state index < -0.39 is 6.04 Å². The smallest absolute Gasteiger partial charge is 0.244 e. The summed E-state index contributed by atoms with van der Waals surface area (Å²) in [6.45, 7) is 5.54. The Hall–Kier alpha value is -1.89. The Labute approximate surface area is 172 Å². The molecule has 28 heavy (non-hydrogen) atoms. The summed E-state index contributed by atoms with van der Waals surface area (Å²) in [5.74, 6) is 0.939. The maximum atomic E-state index is 13.4. The number of nitrogens with one attached hydrogen (secondary N) is 1. The number of nitrogens with two attached hydrogens (primary N) is 1. The highest BCUT2D eigenvalue weighted by atomic mass is 35.5. The fourth-order valence-corrected chi connectivity index (χ4v) is 4.48. The van der Waals surface area contributed by atoms with Crippen LogP contribution in [0.2, 0.25) is 0 Å². The number of hydrogen-bond acceptors (Lipinski definition) is 4. The van der Waals surface area contributed by atoms with E-state index in [4.69, 9.17) is 5.73 Å². The second-order valence-electron chi connectivity index (χ2n) is 7.82. The average Bonchev–Trinajstić information content (AvgIpc) is 3.19. The molecule has 152 valence electrons. The van der Waals surface area contributed by atoms with Gasteiger partial charge >= 0.3 is 0 Å². The van der Waals surface area contributed by atoms with E-state index in [0.717, 1.165) is 50.3 Å². The monoisotopic (exact) mass is 403 g/mol. The third-order valence-corrected chi connectivity index (χ3v) is 6.28. The van der Waals surface area contributed by atoms with Crippen molar-refractivity contribution in [3.8, 4) is 0 Å². The zero-order chi connectivity index (χ0) is 18.9. The zero-order valence-corrected chi connectivity index (χ0v) is 17.2. The van der Waals surface area contributed by atoms with Gasteiger partial charge in [0.15, 0.2) is 0 Å². The molecule has 2 aliphatic rings. The molecule has 1 aromatic heterocycles. The van der Waals surface area contributed by atoms with Gasteiger partial charge in [0.25, 0.3) is 0 Å². The van der Waals surface area contributed by atoms with Gasteiger partial charge in [-0.3, -0.25) is 4.79 Å². The second-order valence-corrected chi connectivity index (χ2v) is 7.82. The molecule has 1 spiro atoms. The number of carbonyl (C=O) groups excluding carboxylic acids is 1. The van der Waals surface area contributed by atoms with Gasteiger partial charge in [-0.25, -0.2) is 4.98 Å². The largest absolute Gasteiger partial charge is 0.334 e. The minimum Gasteiger partial charge on any atom is -0.334 e. The van der Waals surface area contributed by atoms with Crippen molar-refractivity contribution in [3.63, 3.8) is 0 Å². The molecule has 1 saturated carbocycles. The number of benzene rings is 1. The van der Waals surface area contributed by atoms with Crippen LogP contribution >= 0.6 is 12.4 Å². The number of nitrogens with zero attached hydrogens (tertiary/aromatic N) is 3. The molecule has 7 heteroatoms. The minimum atomic E-state index is -0.629. The van der Waals surface area contributed by atoms with Gasteiger partial charge < -0.3 is 20.5 Å². The summed E-state index contributed by atoms with van der Waals surface area (Å²) in [7, 11) is 0. The molecule has 3 N–H and O–H groups in total. The first-order valence-electron chi connectivity index (χ1n) is 9.96. The Morgan fingerprint density at radius 1 is 1.36 bits per heavy atom. The number of aromatic nitrogens is 2. The summed E-state index contributed by atoms with van der Waals surface area (Å²) in [4.78, 5) is 19.9. The molecule has 2 aromatic rings. The van der Waals surface area contributed by atoms with E-state index in [9.17, 15) is 4.79 Å². The fraction of sp³-hybridized carbons (Fsp3) is 0.524. The van der Waals surface area contributed by atoms with Gasteiger partial charge in [0.05, 0.1) is 6.54 Å². The average molecular weight is 404 g/mol. The molecule has 1 aliphatic heterocycles. The Kier molecular flexibility index (Phi) is 6.43. The summed E-state index contributed by atoms with van der Waals surface area (Å²) in [6.07, 6.45) is 7.12. The van der Waals surface area contributed by atoms with Crippen molar-refractivity contribution in [3.05, 3.63) is 54.1 Å². The van der Waals surface area contributed by atoms with E-state index in [1.54, 1.807) is 0 Å². The lowest BCUT2D eigenvalue weighted by Gasteiger charge is -2.31. The Bertz CT molecular complexity index is 787. The van der Waals surface area contributed by atoms with Gasteiger partial charge in [-0.05, 0) is 50.3 Å². The van der Waals surface area contributed by atoms with E-state index in [0.29, 0.717) is 6.54 Å². The zero-order valence-electron chi connectivity index (χ0n) is 16.4. The van der Waals surface area contributed by atoms with Crippen LogP contribution in [0.4, 0.5) is 0 Å². The SMILES string of the molecule is CCn1ccnc1CN(C(=O)C(N)c1ccccc1)C1CC12CCNCC2.Cl. The third-order valence-electron chi connectivity index (χ3n) is 6.28. The lowest BCUT2D eigenvalue weighted by Crippen LogP contribution is -2.43. The number of carbonyl (C=O) groups is 1. The van der Waals surface area contributed by atoms with Crippen molar-refractivity contribution in [2.45, 2.75) is 51.4 Å². The standard InChI is InChI=1S/C21H29N5O.ClH/c1-2-25-13-12-24-18(25)15-26(17-14-21(17)8-10-23-11-9-21)20(27)19(22)16-6-4-3-5-7-16;/h3-7,12-13,17,19,23H,2,8-11,14-15,22H2,1H3;1H. The lowest BCUT2D eigenvalue weighted by atomic mass is 9.93. The Morgan fingerprint density at radius 3 is 2.75 bits per heavy atom. The molecule has 6 nitrogen and oxygen atoms in total. The normalized spacial score (nSPS) is 21.0. The Balaban J connectivity index is 0.00000225. The molecular formula is C21H30ClN5O. The number of rotatable bonds is 6. The number of imidazole rings is 1. The molecule has 2 unspecified atom stereocenters. The van der Waals surface area contributed by atoms with Crippen molar-refractivity contribution in [2.24, 2.45) is 11.1 Å². The molecule has 1 amide bonds. The molecule has 0 radical (unpaired) electrons. The predicted molar refractivity (Wildman–Crippen MR) is 112 cm³/mol. The first-order chi connectivity index (χ1) is 13.1. The molecule has 1 aliphatic carbocycles. The quantitative estimate of drug-likeness (QED) is 0.776. The number of aryl methyl sites for hydroxylation is 1. The molecule has 0 bridgehead atoms. The summed E-state index contributed by atoms with van der Waals surface area (Å²) < 4.78 is 2.10. The first-order valence-corrected chi connectivity index (χ1v) is 9.96. The Morgan fingerprint density at radius 2 is 2.07 bits per heavy atom. The van der Waals surface area contributed by atoms with Crippen molar-refractivity contribution in [1.82, 2.24) is 19.8 Å². The highest BCUT2D eigenvalue weighted by Crippen LogP contribution is 2.56. The van der Waals surface area contributed by atoms with Gasteiger partial charge in [-0.15, -0.1) is 12.4 Å². The van der Waals surface area contributed by atoms with Gasteiger partial charge in [-0.1, -0.05) is 30.3 Å². The van der Waals surface area contributed by atoms with E-state index in [-0.39, 0.29) is 29.8 Å². The van der Waals surface area contributed by atoms with Crippen LogP contribution in [0.3, 0.4) is 0 Å². The molecular weight excluding hydrogens is 374 g/mol. The van der Waals surface area contributed by atoms with Crippen molar-refractivity contribution in [1.29, 1.82) is 0 Å². The number of hydrogen-bond donors (Lipinski definition) is 2. The number of amides is 1. The third kappa shape index (κ3) is 3.95. The molecule has 2 fully saturated rings. The summed E-state index contributed by atoms with van der Waals surface area (Å²) in [6, 6.07) is 9.31. The van der Waals surface area contributed by atoms with E-state index >= 15 is 0 Å². The van der Waals surface area contributed by atoms with Crippen molar-refractivity contribution in [2.75, 3.05) is 13.1 Å². The molecule has 2 heterocycles. The van der Waals surface area contributed by atoms with Gasteiger partial charge in [-0.2, -0.15) is 0 Å². The van der Waals surface area contributed by atoms with Crippen LogP contribution in [0, 0.1) is 5.41 Å². The van der Waals surface area contributed by atoms with E-state index in [1.165, 1.54) is 0 Å². The van der Waals surface area contributed by atoms with Crippen molar-refractivity contribution < 1.29 is 4.79 Å². The van der Waals surface area contributed by atoms with Crippen molar-refractivity contribution >= 4 is 18.3 Å². The second kappa shape index (κ2) is 8.64. The lowest BCUT2D eigenvalue weighted by molar-refractivity contribution is -0.134. The minimum absolute atomic E-state index is 0. The predicted octanol–water partition coefficient (Wildman–Crippen LogP) is 2.50. The topological polar surface area (TPSA) is 76.2 Å².